The molecule has 140 valence electrons. The highest BCUT2D eigenvalue weighted by Gasteiger charge is 2.23. The fourth-order valence-electron chi connectivity index (χ4n) is 2.88. The van der Waals surface area contributed by atoms with Crippen molar-refractivity contribution in [3.63, 3.8) is 0 Å². The summed E-state index contributed by atoms with van der Waals surface area (Å²) in [6.07, 6.45) is 0.0156. The molecule has 6 heteroatoms. The lowest BCUT2D eigenvalue weighted by Crippen LogP contribution is -2.30. The number of hydrogen-bond acceptors (Lipinski definition) is 4. The second-order valence-corrected chi connectivity index (χ2v) is 6.55. The van der Waals surface area contributed by atoms with Gasteiger partial charge in [-0.15, -0.1) is 0 Å². The number of amides is 1. The van der Waals surface area contributed by atoms with Gasteiger partial charge < -0.3 is 10.1 Å². The molecule has 6 nitrogen and oxygen atoms in total. The average molecular weight is 365 g/mol. The summed E-state index contributed by atoms with van der Waals surface area (Å²) in [6, 6.07) is 14.9. The van der Waals surface area contributed by atoms with Crippen molar-refractivity contribution in [1.82, 2.24) is 10.2 Å². The summed E-state index contributed by atoms with van der Waals surface area (Å²) in [5.41, 5.74) is 2.71. The topological polar surface area (TPSA) is 84.1 Å². The third-order valence-electron chi connectivity index (χ3n) is 4.68. The number of aromatic amines is 1. The van der Waals surface area contributed by atoms with Gasteiger partial charge in [0.15, 0.2) is 11.8 Å². The van der Waals surface area contributed by atoms with E-state index in [1.54, 1.807) is 13.0 Å². The summed E-state index contributed by atoms with van der Waals surface area (Å²) in [5.74, 6) is -0.695. The Bertz CT molecular complexity index is 964. The number of para-hydroxylation sites is 2. The van der Waals surface area contributed by atoms with Crippen molar-refractivity contribution >= 4 is 28.5 Å². The van der Waals surface area contributed by atoms with E-state index in [2.05, 4.69) is 29.4 Å². The molecule has 3 rings (SSSR count). The first-order valence-corrected chi connectivity index (χ1v) is 9.05. The van der Waals surface area contributed by atoms with Crippen LogP contribution >= 0.6 is 0 Å². The molecule has 0 aliphatic heterocycles. The molecular weight excluding hydrogens is 342 g/mol. The lowest BCUT2D eigenvalue weighted by atomic mass is 9.97. The Morgan fingerprint density at radius 3 is 2.59 bits per heavy atom. The van der Waals surface area contributed by atoms with E-state index < -0.39 is 12.1 Å². The third-order valence-corrected chi connectivity index (χ3v) is 4.68. The molecule has 0 spiro atoms. The zero-order chi connectivity index (χ0) is 19.4. The molecule has 1 amide bonds. The second-order valence-electron chi connectivity index (χ2n) is 6.55. The summed E-state index contributed by atoms with van der Waals surface area (Å²) in [6.45, 7) is 5.76. The molecule has 1 aromatic heterocycles. The van der Waals surface area contributed by atoms with Crippen molar-refractivity contribution in [2.45, 2.75) is 39.2 Å². The van der Waals surface area contributed by atoms with Crippen LogP contribution in [0, 0.1) is 0 Å². The number of carbonyl (C=O) groups excluding carboxylic acids is 2. The van der Waals surface area contributed by atoms with Crippen LogP contribution in [0.4, 0.5) is 5.69 Å². The lowest BCUT2D eigenvalue weighted by Gasteiger charge is -2.18. The quantitative estimate of drug-likeness (QED) is 0.639. The molecule has 2 aromatic carbocycles. The van der Waals surface area contributed by atoms with Gasteiger partial charge in [-0.3, -0.25) is 9.89 Å². The molecule has 0 aliphatic carbocycles. The Morgan fingerprint density at radius 1 is 1.11 bits per heavy atom. The number of aromatic nitrogens is 2. The number of hydrogen-bond donors (Lipinski definition) is 2. The Hall–Kier alpha value is -3.15. The van der Waals surface area contributed by atoms with Gasteiger partial charge in [0.2, 0.25) is 0 Å². The summed E-state index contributed by atoms with van der Waals surface area (Å²) in [7, 11) is 0. The minimum atomic E-state index is -0.946. The van der Waals surface area contributed by atoms with E-state index in [1.165, 1.54) is 0 Å². The highest BCUT2D eigenvalue weighted by Crippen LogP contribution is 2.26. The number of fused-ring (bicyclic) bond motifs is 1. The van der Waals surface area contributed by atoms with Crippen LogP contribution in [0.3, 0.4) is 0 Å². The summed E-state index contributed by atoms with van der Waals surface area (Å²) in [4.78, 5) is 25.0. The maximum absolute atomic E-state index is 12.5. The van der Waals surface area contributed by atoms with E-state index in [-0.39, 0.29) is 11.6 Å². The molecule has 0 saturated carbocycles. The van der Waals surface area contributed by atoms with Crippen LogP contribution in [0.5, 0.6) is 0 Å². The maximum atomic E-state index is 12.5. The van der Waals surface area contributed by atoms with Crippen molar-refractivity contribution in [3.8, 4) is 0 Å². The van der Waals surface area contributed by atoms with Gasteiger partial charge in [-0.1, -0.05) is 50.2 Å². The molecule has 0 saturated heterocycles. The van der Waals surface area contributed by atoms with Crippen molar-refractivity contribution < 1.29 is 14.3 Å². The number of H-pyrrole nitrogens is 1. The molecule has 2 atom stereocenters. The lowest BCUT2D eigenvalue weighted by molar-refractivity contribution is -0.123. The fraction of sp³-hybridized carbons (Fsp3) is 0.286. The number of anilines is 1. The van der Waals surface area contributed by atoms with E-state index >= 15 is 0 Å². The van der Waals surface area contributed by atoms with E-state index in [1.807, 2.05) is 42.5 Å². The smallest absolute Gasteiger partial charge is 0.360 e. The minimum Gasteiger partial charge on any atom is -0.448 e. The van der Waals surface area contributed by atoms with E-state index in [9.17, 15) is 9.59 Å². The van der Waals surface area contributed by atoms with Gasteiger partial charge in [0, 0.05) is 11.1 Å². The summed E-state index contributed by atoms with van der Waals surface area (Å²) in [5, 5.41) is 10.3. The van der Waals surface area contributed by atoms with Gasteiger partial charge in [0.25, 0.3) is 5.91 Å². The molecular formula is C21H23N3O3. The van der Waals surface area contributed by atoms with Gasteiger partial charge in [-0.05, 0) is 37.0 Å². The largest absolute Gasteiger partial charge is 0.448 e. The Labute approximate surface area is 157 Å². The van der Waals surface area contributed by atoms with E-state index in [0.29, 0.717) is 11.3 Å². The number of esters is 1. The van der Waals surface area contributed by atoms with Crippen LogP contribution in [0.1, 0.15) is 49.2 Å². The van der Waals surface area contributed by atoms with Gasteiger partial charge in [0.1, 0.15) is 0 Å². The molecule has 1 heterocycles. The van der Waals surface area contributed by atoms with E-state index in [0.717, 1.165) is 23.2 Å². The molecule has 2 N–H and O–H groups in total. The van der Waals surface area contributed by atoms with Gasteiger partial charge in [0.05, 0.1) is 5.52 Å². The van der Waals surface area contributed by atoms with Crippen LogP contribution in [0.15, 0.2) is 48.5 Å². The monoisotopic (exact) mass is 365 g/mol. The Morgan fingerprint density at radius 2 is 1.81 bits per heavy atom. The molecule has 0 unspecified atom stereocenters. The highest BCUT2D eigenvalue weighted by atomic mass is 16.5. The van der Waals surface area contributed by atoms with Crippen LogP contribution in [0.25, 0.3) is 10.9 Å². The highest BCUT2D eigenvalue weighted by molar-refractivity contribution is 6.03. The molecule has 0 fully saturated rings. The Balaban J connectivity index is 1.70. The number of nitrogens with zero attached hydrogens (tertiary/aromatic N) is 1. The third kappa shape index (κ3) is 4.00. The van der Waals surface area contributed by atoms with Crippen molar-refractivity contribution in [1.29, 1.82) is 0 Å². The predicted molar refractivity (Wildman–Crippen MR) is 105 cm³/mol. The van der Waals surface area contributed by atoms with Crippen LogP contribution in [-0.4, -0.2) is 28.2 Å². The van der Waals surface area contributed by atoms with Gasteiger partial charge in [-0.25, -0.2) is 4.79 Å². The SMILES string of the molecule is CC[C@@H](C)c1ccccc1NC(=O)[C@H](C)OC(=O)c1n[nH]c2ccccc12. The minimum absolute atomic E-state index is 0.172. The van der Waals surface area contributed by atoms with Gasteiger partial charge in [-0.2, -0.15) is 5.10 Å². The number of carbonyl (C=O) groups is 2. The summed E-state index contributed by atoms with van der Waals surface area (Å²) >= 11 is 0. The molecule has 0 aliphatic rings. The van der Waals surface area contributed by atoms with Crippen molar-refractivity contribution in [2.75, 3.05) is 5.32 Å². The maximum Gasteiger partial charge on any atom is 0.360 e. The van der Waals surface area contributed by atoms with Crippen molar-refractivity contribution in [2.24, 2.45) is 0 Å². The molecule has 3 aromatic rings. The second kappa shape index (κ2) is 8.03. The zero-order valence-electron chi connectivity index (χ0n) is 15.7. The number of benzene rings is 2. The first-order chi connectivity index (χ1) is 13.0. The van der Waals surface area contributed by atoms with Crippen LogP contribution < -0.4 is 5.32 Å². The van der Waals surface area contributed by atoms with Crippen LogP contribution in [-0.2, 0) is 9.53 Å². The fourth-order valence-corrected chi connectivity index (χ4v) is 2.88. The molecule has 27 heavy (non-hydrogen) atoms. The first-order valence-electron chi connectivity index (χ1n) is 9.05. The molecule has 0 bridgehead atoms. The van der Waals surface area contributed by atoms with Crippen LogP contribution in [0.2, 0.25) is 0 Å². The number of nitrogens with one attached hydrogen (secondary N) is 2. The number of rotatable bonds is 6. The standard InChI is InChI=1S/C21H23N3O3/c1-4-13(2)15-9-5-7-11-17(15)22-20(25)14(3)27-21(26)19-16-10-6-8-12-18(16)23-24-19/h5-14H,4H2,1-3H3,(H,22,25)(H,23,24)/t13-,14+/m1/s1. The summed E-state index contributed by atoms with van der Waals surface area (Å²) < 4.78 is 5.33. The van der Waals surface area contributed by atoms with E-state index in [4.69, 9.17) is 4.74 Å². The predicted octanol–water partition coefficient (Wildman–Crippen LogP) is 4.26. The average Bonchev–Trinajstić information content (AvgIpc) is 3.12. The molecule has 0 radical (unpaired) electrons. The zero-order valence-corrected chi connectivity index (χ0v) is 15.7. The first kappa shape index (κ1) is 18.6. The normalized spacial score (nSPS) is 13.1. The van der Waals surface area contributed by atoms with Gasteiger partial charge >= 0.3 is 5.97 Å². The number of ether oxygens (including phenoxy) is 1. The Kier molecular flexibility index (Phi) is 5.54. The van der Waals surface area contributed by atoms with Crippen molar-refractivity contribution in [3.05, 3.63) is 59.8 Å².